The van der Waals surface area contributed by atoms with Gasteiger partial charge < -0.3 is 5.11 Å². The second-order valence-corrected chi connectivity index (χ2v) is 7.18. The third-order valence-corrected chi connectivity index (χ3v) is 5.19. The predicted molar refractivity (Wildman–Crippen MR) is 119 cm³/mol. The molecule has 0 aromatic heterocycles. The van der Waals surface area contributed by atoms with Crippen molar-refractivity contribution in [1.29, 1.82) is 0 Å². The van der Waals surface area contributed by atoms with Crippen molar-refractivity contribution in [3.63, 3.8) is 0 Å². The van der Waals surface area contributed by atoms with Crippen LogP contribution in [0.25, 0.3) is 0 Å². The van der Waals surface area contributed by atoms with Crippen molar-refractivity contribution in [2.45, 2.75) is 12.0 Å². The molecule has 0 saturated heterocycles. The summed E-state index contributed by atoms with van der Waals surface area (Å²) in [7, 11) is 0. The molecule has 3 aromatic rings. The van der Waals surface area contributed by atoms with Gasteiger partial charge in [-0.15, -0.1) is 0 Å². The van der Waals surface area contributed by atoms with Crippen molar-refractivity contribution in [2.75, 3.05) is 0 Å². The molecular weight excluding hydrogens is 410 g/mol. The van der Waals surface area contributed by atoms with E-state index in [4.69, 9.17) is 0 Å². The lowest BCUT2D eigenvalue weighted by atomic mass is 9.80. The van der Waals surface area contributed by atoms with Crippen molar-refractivity contribution in [3.05, 3.63) is 106 Å². The van der Waals surface area contributed by atoms with Crippen LogP contribution in [-0.4, -0.2) is 27.9 Å². The van der Waals surface area contributed by atoms with Crippen LogP contribution in [0.1, 0.15) is 23.1 Å². The van der Waals surface area contributed by atoms with Gasteiger partial charge in [0.25, 0.3) is 11.6 Å². The molecule has 9 nitrogen and oxygen atoms in total. The van der Waals surface area contributed by atoms with Crippen LogP contribution < -0.4 is 10.9 Å². The van der Waals surface area contributed by atoms with E-state index in [2.05, 4.69) is 21.1 Å². The first-order valence-corrected chi connectivity index (χ1v) is 9.75. The number of nitrogens with zero attached hydrogens (tertiary/aromatic N) is 3. The maximum absolute atomic E-state index is 12.7. The summed E-state index contributed by atoms with van der Waals surface area (Å²) in [5.41, 5.74) is 6.74. The highest BCUT2D eigenvalue weighted by Crippen LogP contribution is 2.36. The van der Waals surface area contributed by atoms with E-state index in [1.807, 2.05) is 60.7 Å². The Balaban J connectivity index is 1.53. The fourth-order valence-corrected chi connectivity index (χ4v) is 3.61. The van der Waals surface area contributed by atoms with Crippen LogP contribution in [-0.2, 0) is 10.3 Å². The van der Waals surface area contributed by atoms with Gasteiger partial charge in [-0.3, -0.25) is 20.3 Å². The highest BCUT2D eigenvalue weighted by atomic mass is 16.6. The molecular formula is C23H19N5O4. The lowest BCUT2D eigenvalue weighted by molar-refractivity contribution is -0.385. The Bertz CT molecular complexity index is 1170. The van der Waals surface area contributed by atoms with Crippen LogP contribution in [0.4, 0.5) is 5.69 Å². The fourth-order valence-electron chi connectivity index (χ4n) is 3.61. The van der Waals surface area contributed by atoms with E-state index in [-0.39, 0.29) is 29.1 Å². The number of carbonyl (C=O) groups excluding carboxylic acids is 1. The highest BCUT2D eigenvalue weighted by Gasteiger charge is 2.41. The number of nitro groups is 1. The Hall–Kier alpha value is -4.53. The average Bonchev–Trinajstić information content (AvgIpc) is 3.27. The lowest BCUT2D eigenvalue weighted by Crippen LogP contribution is -2.38. The molecule has 1 aliphatic rings. The topological polar surface area (TPSA) is 129 Å². The molecule has 1 heterocycles. The van der Waals surface area contributed by atoms with Crippen molar-refractivity contribution in [3.8, 4) is 5.75 Å². The third-order valence-electron chi connectivity index (χ3n) is 5.19. The molecule has 0 unspecified atom stereocenters. The fraction of sp³-hybridized carbons (Fsp3) is 0.0870. The van der Waals surface area contributed by atoms with E-state index in [1.54, 1.807) is 0 Å². The number of carbonyl (C=O) groups is 1. The van der Waals surface area contributed by atoms with Gasteiger partial charge in [0.2, 0.25) is 0 Å². The first-order chi connectivity index (χ1) is 15.5. The number of nitro benzene ring substituents is 1. The zero-order chi connectivity index (χ0) is 22.6. The summed E-state index contributed by atoms with van der Waals surface area (Å²) in [6.45, 7) is 0. The van der Waals surface area contributed by atoms with E-state index in [9.17, 15) is 20.0 Å². The molecule has 0 bridgehead atoms. The van der Waals surface area contributed by atoms with Crippen molar-refractivity contribution < 1.29 is 14.8 Å². The molecule has 1 amide bonds. The summed E-state index contributed by atoms with van der Waals surface area (Å²) >= 11 is 0. The molecule has 0 radical (unpaired) electrons. The number of phenolic OH excluding ortho intramolecular Hbond substituents is 1. The van der Waals surface area contributed by atoms with E-state index in [0.717, 1.165) is 23.4 Å². The number of hydrazone groups is 2. The molecule has 0 atom stereocenters. The summed E-state index contributed by atoms with van der Waals surface area (Å²) in [4.78, 5) is 23.2. The van der Waals surface area contributed by atoms with E-state index in [0.29, 0.717) is 0 Å². The minimum Gasteiger partial charge on any atom is -0.508 e. The Labute approximate surface area is 183 Å². The minimum atomic E-state index is -0.705. The van der Waals surface area contributed by atoms with Gasteiger partial charge in [-0.25, -0.2) is 5.43 Å². The highest BCUT2D eigenvalue weighted by molar-refractivity contribution is 6.39. The maximum Gasteiger partial charge on any atom is 0.287 e. The number of amides is 1. The standard InChI is InChI=1S/C23H19N5O4/c29-19-11-12-21(28(31)32)16(13-19)15-24-26-22(30)20-14-23(27-25-20,17-7-3-1-4-8-17)18-9-5-2-6-10-18/h1-13,15,27,29H,14H2,(H,26,30)/b24-15+. The van der Waals surface area contributed by atoms with Gasteiger partial charge in [-0.05, 0) is 23.3 Å². The monoisotopic (exact) mass is 429 g/mol. The molecule has 9 heteroatoms. The van der Waals surface area contributed by atoms with Gasteiger partial charge in [-0.1, -0.05) is 60.7 Å². The molecule has 4 rings (SSSR count). The normalized spacial score (nSPS) is 14.6. The van der Waals surface area contributed by atoms with Gasteiger partial charge in [0, 0.05) is 12.5 Å². The number of nitrogens with one attached hydrogen (secondary N) is 2. The molecule has 3 aromatic carbocycles. The van der Waals surface area contributed by atoms with Crippen LogP contribution in [0.3, 0.4) is 0 Å². The number of benzene rings is 3. The van der Waals surface area contributed by atoms with Crippen molar-refractivity contribution >= 4 is 23.5 Å². The minimum absolute atomic E-state index is 0.0599. The van der Waals surface area contributed by atoms with Crippen LogP contribution >= 0.6 is 0 Å². The first kappa shape index (κ1) is 20.7. The number of rotatable bonds is 6. The van der Waals surface area contributed by atoms with Crippen molar-refractivity contribution in [1.82, 2.24) is 10.9 Å². The first-order valence-electron chi connectivity index (χ1n) is 9.75. The van der Waals surface area contributed by atoms with Crippen LogP contribution in [0.2, 0.25) is 0 Å². The number of phenols is 1. The lowest BCUT2D eigenvalue weighted by Gasteiger charge is -2.30. The molecule has 160 valence electrons. The maximum atomic E-state index is 12.7. The van der Waals surface area contributed by atoms with Gasteiger partial charge in [0.1, 0.15) is 17.0 Å². The SMILES string of the molecule is O=C(N/N=C/c1cc(O)ccc1[N+](=O)[O-])C1=NNC(c2ccccc2)(c2ccccc2)C1. The van der Waals surface area contributed by atoms with E-state index < -0.39 is 16.4 Å². The number of hydrogen-bond acceptors (Lipinski definition) is 7. The zero-order valence-corrected chi connectivity index (χ0v) is 16.8. The summed E-state index contributed by atoms with van der Waals surface area (Å²) < 4.78 is 0. The third kappa shape index (κ3) is 4.04. The quantitative estimate of drug-likeness (QED) is 0.315. The molecule has 0 fully saturated rings. The summed E-state index contributed by atoms with van der Waals surface area (Å²) in [6, 6.07) is 23.0. The van der Waals surface area contributed by atoms with Gasteiger partial charge >= 0.3 is 0 Å². The molecule has 0 aliphatic carbocycles. The molecule has 0 spiro atoms. The average molecular weight is 429 g/mol. The smallest absolute Gasteiger partial charge is 0.287 e. The van der Waals surface area contributed by atoms with Crippen molar-refractivity contribution in [2.24, 2.45) is 10.2 Å². The van der Waals surface area contributed by atoms with Gasteiger partial charge in [-0.2, -0.15) is 10.2 Å². The molecule has 0 saturated carbocycles. The Kier molecular flexibility index (Phi) is 5.63. The zero-order valence-electron chi connectivity index (χ0n) is 16.8. The molecule has 32 heavy (non-hydrogen) atoms. The largest absolute Gasteiger partial charge is 0.508 e. The molecule has 3 N–H and O–H groups in total. The van der Waals surface area contributed by atoms with Gasteiger partial charge in [0.05, 0.1) is 16.7 Å². The summed E-state index contributed by atoms with van der Waals surface area (Å²) in [5, 5.41) is 28.8. The predicted octanol–water partition coefficient (Wildman–Crippen LogP) is 3.04. The Morgan fingerprint density at radius 2 is 1.72 bits per heavy atom. The van der Waals surface area contributed by atoms with E-state index in [1.165, 1.54) is 12.1 Å². The van der Waals surface area contributed by atoms with Gasteiger partial charge in [0.15, 0.2) is 0 Å². The van der Waals surface area contributed by atoms with Crippen LogP contribution in [0, 0.1) is 10.1 Å². The second-order valence-electron chi connectivity index (χ2n) is 7.18. The van der Waals surface area contributed by atoms with Crippen LogP contribution in [0.5, 0.6) is 5.75 Å². The van der Waals surface area contributed by atoms with E-state index >= 15 is 0 Å². The Morgan fingerprint density at radius 1 is 1.09 bits per heavy atom. The summed E-state index contributed by atoms with van der Waals surface area (Å²) in [6.07, 6.45) is 1.40. The summed E-state index contributed by atoms with van der Waals surface area (Å²) in [5.74, 6) is -0.687. The number of hydrogen-bond donors (Lipinski definition) is 3. The molecule has 1 aliphatic heterocycles. The van der Waals surface area contributed by atoms with Crippen LogP contribution in [0.15, 0.2) is 89.1 Å². The number of aromatic hydroxyl groups is 1. The Morgan fingerprint density at radius 3 is 2.31 bits per heavy atom. The second kappa shape index (κ2) is 8.68.